The topological polar surface area (TPSA) is 0 Å². The second-order valence-electron chi connectivity index (χ2n) is 8.02. The summed E-state index contributed by atoms with van der Waals surface area (Å²) in [5.41, 5.74) is 1.81. The Labute approximate surface area is 195 Å². The maximum atomic E-state index is 14.5. The minimum atomic E-state index is -1.59. The van der Waals surface area contributed by atoms with Crippen LogP contribution in [0.4, 0.5) is 26.3 Å². The van der Waals surface area contributed by atoms with Crippen molar-refractivity contribution in [1.29, 1.82) is 0 Å². The lowest BCUT2D eigenvalue weighted by molar-refractivity contribution is 0.447. The summed E-state index contributed by atoms with van der Waals surface area (Å²) >= 11 is 0. The highest BCUT2D eigenvalue weighted by Crippen LogP contribution is 2.28. The van der Waals surface area contributed by atoms with Crippen molar-refractivity contribution in [3.8, 4) is 11.1 Å². The summed E-state index contributed by atoms with van der Waals surface area (Å²) in [4.78, 5) is 0. The lowest BCUT2D eigenvalue weighted by Gasteiger charge is -2.08. The van der Waals surface area contributed by atoms with Gasteiger partial charge in [-0.25, -0.2) is 26.3 Å². The predicted molar refractivity (Wildman–Crippen MR) is 123 cm³/mol. The first-order valence-electron chi connectivity index (χ1n) is 11.0. The van der Waals surface area contributed by atoms with Gasteiger partial charge >= 0.3 is 0 Å². The maximum Gasteiger partial charge on any atom is 0.194 e. The molecule has 0 bridgehead atoms. The zero-order valence-electron chi connectivity index (χ0n) is 18.5. The number of allylic oxidation sites excluding steroid dienone is 2. The van der Waals surface area contributed by atoms with Gasteiger partial charge in [-0.05, 0) is 67.0 Å². The molecule has 3 aromatic carbocycles. The van der Waals surface area contributed by atoms with Crippen LogP contribution >= 0.6 is 0 Å². The van der Waals surface area contributed by atoms with Crippen LogP contribution in [0, 0.1) is 23.3 Å². The van der Waals surface area contributed by atoms with Crippen molar-refractivity contribution >= 4 is 5.83 Å². The Hall–Kier alpha value is -3.28. The third kappa shape index (κ3) is 6.40. The second-order valence-corrected chi connectivity index (χ2v) is 8.02. The van der Waals surface area contributed by atoms with Gasteiger partial charge in [0, 0.05) is 17.5 Å². The fraction of sp³-hybridized carbons (Fsp3) is 0.214. The van der Waals surface area contributed by atoms with E-state index in [0.717, 1.165) is 42.5 Å². The Bertz CT molecular complexity index is 1150. The van der Waals surface area contributed by atoms with E-state index in [1.165, 1.54) is 18.2 Å². The van der Waals surface area contributed by atoms with E-state index in [4.69, 9.17) is 0 Å². The van der Waals surface area contributed by atoms with E-state index in [1.807, 2.05) is 0 Å². The molecule has 3 aromatic rings. The van der Waals surface area contributed by atoms with Crippen LogP contribution in [0.3, 0.4) is 0 Å². The number of aryl methyl sites for hydroxylation is 2. The number of halogens is 6. The monoisotopic (exact) mass is 474 g/mol. The molecule has 0 aliphatic rings. The van der Waals surface area contributed by atoms with Crippen molar-refractivity contribution in [2.24, 2.45) is 0 Å². The summed E-state index contributed by atoms with van der Waals surface area (Å²) < 4.78 is 82.4. The summed E-state index contributed by atoms with van der Waals surface area (Å²) in [6.45, 7) is 3.49. The Morgan fingerprint density at radius 3 is 1.91 bits per heavy atom. The van der Waals surface area contributed by atoms with Gasteiger partial charge in [0.25, 0.3) is 0 Å². The molecule has 0 aliphatic heterocycles. The van der Waals surface area contributed by atoms with E-state index in [-0.39, 0.29) is 23.1 Å². The average Bonchev–Trinajstić information content (AvgIpc) is 2.83. The molecule has 0 atom stereocenters. The number of unbranched alkanes of at least 4 members (excludes halogenated alkanes) is 1. The van der Waals surface area contributed by atoms with Gasteiger partial charge < -0.3 is 0 Å². The molecule has 0 N–H and O–H groups in total. The smallest absolute Gasteiger partial charge is 0.194 e. The Morgan fingerprint density at radius 1 is 0.735 bits per heavy atom. The summed E-state index contributed by atoms with van der Waals surface area (Å²) in [6.07, 6.45) is 4.75. The van der Waals surface area contributed by atoms with Crippen molar-refractivity contribution in [3.05, 3.63) is 113 Å². The number of benzene rings is 3. The van der Waals surface area contributed by atoms with Crippen molar-refractivity contribution < 1.29 is 26.3 Å². The van der Waals surface area contributed by atoms with E-state index in [2.05, 4.69) is 6.58 Å². The summed E-state index contributed by atoms with van der Waals surface area (Å²) in [5, 5.41) is 0. The van der Waals surface area contributed by atoms with Gasteiger partial charge in [0.1, 0.15) is 11.6 Å². The van der Waals surface area contributed by atoms with Crippen LogP contribution in [0.15, 0.2) is 73.1 Å². The maximum absolute atomic E-state index is 14.5. The SMILES string of the molecule is C=CCC/C(F)=C(\F)c1ccc(CCCCc2ccc(-c3cc(F)c(F)c(F)c3)c(F)c2)cc1. The van der Waals surface area contributed by atoms with Gasteiger partial charge in [-0.3, -0.25) is 0 Å². The third-order valence-electron chi connectivity index (χ3n) is 5.52. The number of hydrogen-bond donors (Lipinski definition) is 0. The van der Waals surface area contributed by atoms with Crippen LogP contribution in [-0.4, -0.2) is 0 Å². The zero-order valence-corrected chi connectivity index (χ0v) is 18.5. The van der Waals surface area contributed by atoms with E-state index >= 15 is 0 Å². The lowest BCUT2D eigenvalue weighted by Crippen LogP contribution is -1.95. The van der Waals surface area contributed by atoms with Crippen molar-refractivity contribution in [2.45, 2.75) is 38.5 Å². The Kier molecular flexibility index (Phi) is 8.74. The fourth-order valence-corrected chi connectivity index (χ4v) is 3.63. The number of rotatable bonds is 10. The molecule has 178 valence electrons. The summed E-state index contributed by atoms with van der Waals surface area (Å²) in [6, 6.07) is 12.5. The van der Waals surface area contributed by atoms with Crippen LogP contribution in [-0.2, 0) is 12.8 Å². The van der Waals surface area contributed by atoms with Gasteiger partial charge in [-0.2, -0.15) is 0 Å². The molecule has 0 nitrogen and oxygen atoms in total. The molecule has 0 saturated carbocycles. The summed E-state index contributed by atoms with van der Waals surface area (Å²) in [5.74, 6) is -6.63. The minimum Gasteiger partial charge on any atom is -0.209 e. The van der Waals surface area contributed by atoms with Crippen LogP contribution in [0.2, 0.25) is 0 Å². The van der Waals surface area contributed by atoms with Crippen LogP contribution in [0.25, 0.3) is 17.0 Å². The Balaban J connectivity index is 1.54. The van der Waals surface area contributed by atoms with E-state index < -0.39 is 34.9 Å². The van der Waals surface area contributed by atoms with Gasteiger partial charge in [0.2, 0.25) is 0 Å². The first kappa shape index (κ1) is 25.3. The van der Waals surface area contributed by atoms with Crippen molar-refractivity contribution in [1.82, 2.24) is 0 Å². The quantitative estimate of drug-likeness (QED) is 0.119. The molecular formula is C28H24F6. The first-order valence-corrected chi connectivity index (χ1v) is 11.0. The molecule has 0 aliphatic carbocycles. The molecule has 0 unspecified atom stereocenters. The lowest BCUT2D eigenvalue weighted by atomic mass is 9.99. The average molecular weight is 474 g/mol. The largest absolute Gasteiger partial charge is 0.209 e. The van der Waals surface area contributed by atoms with Crippen molar-refractivity contribution in [3.63, 3.8) is 0 Å². The first-order chi connectivity index (χ1) is 16.3. The molecule has 0 fully saturated rings. The van der Waals surface area contributed by atoms with Crippen LogP contribution < -0.4 is 0 Å². The molecule has 0 heterocycles. The van der Waals surface area contributed by atoms with Gasteiger partial charge in [0.15, 0.2) is 23.3 Å². The second kappa shape index (κ2) is 11.7. The highest BCUT2D eigenvalue weighted by atomic mass is 19.2. The summed E-state index contributed by atoms with van der Waals surface area (Å²) in [7, 11) is 0. The standard InChI is InChI=1S/C28H24F6/c1-2-3-8-23(29)27(33)20-12-9-18(10-13-20)6-4-5-7-19-11-14-22(24(30)15-19)21-16-25(31)28(34)26(32)17-21/h2,9-17H,1,3-8H2/b27-23+. The molecular weight excluding hydrogens is 450 g/mol. The number of hydrogen-bond acceptors (Lipinski definition) is 0. The third-order valence-corrected chi connectivity index (χ3v) is 5.52. The fourth-order valence-electron chi connectivity index (χ4n) is 3.63. The van der Waals surface area contributed by atoms with E-state index in [0.29, 0.717) is 12.8 Å². The van der Waals surface area contributed by atoms with Gasteiger partial charge in [-0.1, -0.05) is 42.5 Å². The van der Waals surface area contributed by atoms with Gasteiger partial charge in [-0.15, -0.1) is 6.58 Å². The normalized spacial score (nSPS) is 11.9. The van der Waals surface area contributed by atoms with E-state index in [9.17, 15) is 26.3 Å². The van der Waals surface area contributed by atoms with Gasteiger partial charge in [0.05, 0.1) is 0 Å². The molecule has 0 saturated heterocycles. The van der Waals surface area contributed by atoms with Crippen LogP contribution in [0.1, 0.15) is 42.4 Å². The highest BCUT2D eigenvalue weighted by molar-refractivity contribution is 5.65. The highest BCUT2D eigenvalue weighted by Gasteiger charge is 2.14. The minimum absolute atomic E-state index is 0.0103. The molecule has 3 rings (SSSR count). The molecule has 0 amide bonds. The Morgan fingerprint density at radius 2 is 1.32 bits per heavy atom. The zero-order chi connectivity index (χ0) is 24.7. The molecule has 0 spiro atoms. The molecule has 34 heavy (non-hydrogen) atoms. The van der Waals surface area contributed by atoms with Crippen molar-refractivity contribution in [2.75, 3.05) is 0 Å². The molecule has 0 aromatic heterocycles. The molecule has 0 radical (unpaired) electrons. The molecule has 6 heteroatoms. The van der Waals surface area contributed by atoms with E-state index in [1.54, 1.807) is 30.3 Å². The predicted octanol–water partition coefficient (Wildman–Crippen LogP) is 9.05. The van der Waals surface area contributed by atoms with Crippen LogP contribution in [0.5, 0.6) is 0 Å².